The van der Waals surface area contributed by atoms with Crippen LogP contribution in [0.5, 0.6) is 0 Å². The first-order chi connectivity index (χ1) is 6.87. The lowest BCUT2D eigenvalue weighted by molar-refractivity contribution is -0.118. The quantitative estimate of drug-likeness (QED) is 0.839. The first-order valence-corrected chi connectivity index (χ1v) is 5.95. The molecule has 3 nitrogen and oxygen atoms in total. The third-order valence-corrected chi connectivity index (χ3v) is 4.63. The highest BCUT2D eigenvalue weighted by Crippen LogP contribution is 2.68. The molecule has 1 N–H and O–H groups in total. The Bertz CT molecular complexity index is 367. The summed E-state index contributed by atoms with van der Waals surface area (Å²) in [6.45, 7) is 8.55. The van der Waals surface area contributed by atoms with E-state index in [9.17, 15) is 4.79 Å². The van der Waals surface area contributed by atoms with Crippen molar-refractivity contribution in [2.75, 3.05) is 5.32 Å². The van der Waals surface area contributed by atoms with E-state index < -0.39 is 0 Å². The summed E-state index contributed by atoms with van der Waals surface area (Å²) in [6.07, 6.45) is 1.70. The number of nitrogens with zero attached hydrogens (tertiary/aromatic N) is 1. The summed E-state index contributed by atoms with van der Waals surface area (Å²) in [7, 11) is 0. The van der Waals surface area contributed by atoms with Gasteiger partial charge in [-0.2, -0.15) is 0 Å². The zero-order valence-corrected chi connectivity index (χ0v) is 10.3. The minimum absolute atomic E-state index is 0.0916. The minimum Gasteiger partial charge on any atom is -0.302 e. The number of thiazole rings is 1. The van der Waals surface area contributed by atoms with Crippen LogP contribution in [0, 0.1) is 16.7 Å². The number of hydrogen-bond acceptors (Lipinski definition) is 3. The molecule has 0 atom stereocenters. The molecule has 1 fully saturated rings. The number of anilines is 1. The van der Waals surface area contributed by atoms with Crippen LogP contribution in [0.2, 0.25) is 0 Å². The molecule has 2 rings (SSSR count). The second-order valence-electron chi connectivity index (χ2n) is 5.20. The van der Waals surface area contributed by atoms with Crippen molar-refractivity contribution in [2.45, 2.75) is 27.7 Å². The van der Waals surface area contributed by atoms with Gasteiger partial charge in [0.2, 0.25) is 5.91 Å². The van der Waals surface area contributed by atoms with Crippen LogP contribution in [-0.2, 0) is 4.79 Å². The summed E-state index contributed by atoms with van der Waals surface area (Å²) in [4.78, 5) is 16.0. The van der Waals surface area contributed by atoms with E-state index >= 15 is 0 Å². The number of rotatable bonds is 2. The topological polar surface area (TPSA) is 42.0 Å². The van der Waals surface area contributed by atoms with Crippen molar-refractivity contribution in [1.29, 1.82) is 0 Å². The average Bonchev–Trinajstić information content (AvgIpc) is 2.53. The maximum atomic E-state index is 12.0. The van der Waals surface area contributed by atoms with E-state index in [0.717, 1.165) is 0 Å². The summed E-state index contributed by atoms with van der Waals surface area (Å²) in [5.74, 6) is 0.189. The summed E-state index contributed by atoms with van der Waals surface area (Å²) >= 11 is 1.45. The SMILES string of the molecule is CC1(C)C(C(=O)Nc2nccs2)C1(C)C. The van der Waals surface area contributed by atoms with Crippen LogP contribution in [0.4, 0.5) is 5.13 Å². The summed E-state index contributed by atoms with van der Waals surface area (Å²) in [5.41, 5.74) is 0.183. The second kappa shape index (κ2) is 3.04. The molecule has 1 saturated carbocycles. The Labute approximate surface area is 93.9 Å². The Balaban J connectivity index is 2.06. The molecule has 1 aromatic heterocycles. The van der Waals surface area contributed by atoms with Crippen LogP contribution in [-0.4, -0.2) is 10.9 Å². The molecule has 4 heteroatoms. The third-order valence-electron chi connectivity index (χ3n) is 3.95. The van der Waals surface area contributed by atoms with Gasteiger partial charge in [-0.05, 0) is 10.8 Å². The van der Waals surface area contributed by atoms with Crippen LogP contribution < -0.4 is 5.32 Å². The van der Waals surface area contributed by atoms with Crippen LogP contribution >= 0.6 is 11.3 Å². The highest BCUT2D eigenvalue weighted by molar-refractivity contribution is 7.13. The number of aromatic nitrogens is 1. The molecule has 0 spiro atoms. The first kappa shape index (κ1) is 10.6. The molecule has 0 aromatic carbocycles. The van der Waals surface area contributed by atoms with Gasteiger partial charge in [0.1, 0.15) is 0 Å². The Kier molecular flexibility index (Phi) is 2.15. The zero-order valence-electron chi connectivity index (χ0n) is 9.50. The van der Waals surface area contributed by atoms with Crippen molar-refractivity contribution in [3.63, 3.8) is 0 Å². The summed E-state index contributed by atoms with van der Waals surface area (Å²) in [5, 5.41) is 5.42. The lowest BCUT2D eigenvalue weighted by atomic mass is 10.0. The predicted molar refractivity (Wildman–Crippen MR) is 61.8 cm³/mol. The molecular formula is C11H16N2OS. The lowest BCUT2D eigenvalue weighted by Crippen LogP contribution is -2.17. The van der Waals surface area contributed by atoms with E-state index in [1.807, 2.05) is 5.38 Å². The molecule has 0 saturated heterocycles. The molecule has 15 heavy (non-hydrogen) atoms. The molecule has 0 unspecified atom stereocenters. The highest BCUT2D eigenvalue weighted by Gasteiger charge is 2.68. The van der Waals surface area contributed by atoms with Crippen molar-refractivity contribution in [3.05, 3.63) is 11.6 Å². The van der Waals surface area contributed by atoms with Crippen LogP contribution in [0.1, 0.15) is 27.7 Å². The van der Waals surface area contributed by atoms with E-state index in [0.29, 0.717) is 5.13 Å². The summed E-state index contributed by atoms with van der Waals surface area (Å²) < 4.78 is 0. The van der Waals surface area contributed by atoms with Gasteiger partial charge in [0.25, 0.3) is 0 Å². The normalized spacial score (nSPS) is 22.4. The van der Waals surface area contributed by atoms with Gasteiger partial charge in [0.15, 0.2) is 5.13 Å². The fraction of sp³-hybridized carbons (Fsp3) is 0.636. The van der Waals surface area contributed by atoms with Crippen molar-refractivity contribution >= 4 is 22.4 Å². The smallest absolute Gasteiger partial charge is 0.230 e. The average molecular weight is 224 g/mol. The monoisotopic (exact) mass is 224 g/mol. The highest BCUT2D eigenvalue weighted by atomic mass is 32.1. The van der Waals surface area contributed by atoms with Crippen molar-refractivity contribution in [1.82, 2.24) is 4.98 Å². The molecule has 0 bridgehead atoms. The molecular weight excluding hydrogens is 208 g/mol. The molecule has 1 amide bonds. The minimum atomic E-state index is 0.0916. The Hall–Kier alpha value is -0.900. The molecule has 1 heterocycles. The Morgan fingerprint density at radius 1 is 1.40 bits per heavy atom. The van der Waals surface area contributed by atoms with Crippen LogP contribution in [0.3, 0.4) is 0 Å². The third kappa shape index (κ3) is 1.47. The van der Waals surface area contributed by atoms with E-state index in [1.165, 1.54) is 11.3 Å². The second-order valence-corrected chi connectivity index (χ2v) is 6.10. The number of carbonyl (C=O) groups excluding carboxylic acids is 1. The molecule has 1 aliphatic carbocycles. The van der Waals surface area contributed by atoms with Crippen molar-refractivity contribution in [3.8, 4) is 0 Å². The molecule has 0 radical (unpaired) electrons. The molecule has 0 aliphatic heterocycles. The first-order valence-electron chi connectivity index (χ1n) is 5.08. The molecule has 1 aromatic rings. The van der Waals surface area contributed by atoms with Gasteiger partial charge in [0.05, 0.1) is 0 Å². The van der Waals surface area contributed by atoms with Crippen molar-refractivity contribution < 1.29 is 4.79 Å². The number of nitrogens with one attached hydrogen (secondary N) is 1. The fourth-order valence-corrected chi connectivity index (χ4v) is 2.85. The van der Waals surface area contributed by atoms with Crippen molar-refractivity contribution in [2.24, 2.45) is 16.7 Å². The zero-order chi connectivity index (χ0) is 11.3. The Morgan fingerprint density at radius 2 is 2.00 bits per heavy atom. The standard InChI is InChI=1S/C11H16N2OS/c1-10(2)7(11(10,3)4)8(14)13-9-12-5-6-15-9/h5-7H,1-4H3,(H,12,13,14). The van der Waals surface area contributed by atoms with Crippen LogP contribution in [0.15, 0.2) is 11.6 Å². The van der Waals surface area contributed by atoms with E-state index in [-0.39, 0.29) is 22.7 Å². The maximum absolute atomic E-state index is 12.0. The van der Waals surface area contributed by atoms with Gasteiger partial charge in [-0.3, -0.25) is 4.79 Å². The predicted octanol–water partition coefficient (Wildman–Crippen LogP) is 2.76. The van der Waals surface area contributed by atoms with Gasteiger partial charge < -0.3 is 5.32 Å². The van der Waals surface area contributed by atoms with E-state index in [4.69, 9.17) is 0 Å². The van der Waals surface area contributed by atoms with Gasteiger partial charge >= 0.3 is 0 Å². The van der Waals surface area contributed by atoms with Crippen LogP contribution in [0.25, 0.3) is 0 Å². The molecule has 82 valence electrons. The Morgan fingerprint density at radius 3 is 2.40 bits per heavy atom. The fourth-order valence-electron chi connectivity index (χ4n) is 2.31. The maximum Gasteiger partial charge on any atom is 0.230 e. The summed E-state index contributed by atoms with van der Waals surface area (Å²) in [6, 6.07) is 0. The lowest BCUT2D eigenvalue weighted by Gasteiger charge is -2.03. The number of carbonyl (C=O) groups is 1. The van der Waals surface area contributed by atoms with Gasteiger partial charge in [-0.15, -0.1) is 11.3 Å². The van der Waals surface area contributed by atoms with Gasteiger partial charge in [-0.1, -0.05) is 27.7 Å². The van der Waals surface area contributed by atoms with Gasteiger partial charge in [-0.25, -0.2) is 4.98 Å². The molecule has 1 aliphatic rings. The largest absolute Gasteiger partial charge is 0.302 e. The van der Waals surface area contributed by atoms with E-state index in [1.54, 1.807) is 6.20 Å². The van der Waals surface area contributed by atoms with E-state index in [2.05, 4.69) is 38.0 Å². The number of amides is 1. The number of hydrogen-bond donors (Lipinski definition) is 1. The van der Waals surface area contributed by atoms with Gasteiger partial charge in [0, 0.05) is 17.5 Å².